The summed E-state index contributed by atoms with van der Waals surface area (Å²) in [5.74, 6) is 0.358. The van der Waals surface area contributed by atoms with Crippen molar-refractivity contribution in [3.63, 3.8) is 0 Å². The van der Waals surface area contributed by atoms with E-state index in [1.807, 2.05) is 13.8 Å². The van der Waals surface area contributed by atoms with Crippen molar-refractivity contribution in [3.05, 3.63) is 64.5 Å². The van der Waals surface area contributed by atoms with Crippen molar-refractivity contribution < 1.29 is 14.1 Å². The third kappa shape index (κ3) is 3.95. The van der Waals surface area contributed by atoms with Crippen LogP contribution in [0.5, 0.6) is 0 Å². The van der Waals surface area contributed by atoms with Crippen LogP contribution in [0.2, 0.25) is 0 Å². The third-order valence-corrected chi connectivity index (χ3v) is 4.26. The molecule has 0 spiro atoms. The summed E-state index contributed by atoms with van der Waals surface area (Å²) >= 11 is 0. The van der Waals surface area contributed by atoms with Gasteiger partial charge in [-0.2, -0.15) is 5.10 Å². The molecule has 0 bridgehead atoms. The van der Waals surface area contributed by atoms with Crippen molar-refractivity contribution in [1.29, 1.82) is 0 Å². The lowest BCUT2D eigenvalue weighted by molar-refractivity contribution is -0.384. The molecule has 2 heterocycles. The molecule has 8 heteroatoms. The Morgan fingerprint density at radius 2 is 1.93 bits per heavy atom. The fourth-order valence-electron chi connectivity index (χ4n) is 3.03. The molecule has 0 aliphatic rings. The number of hydrogen-bond donors (Lipinski definition) is 0. The molecule has 0 aliphatic heterocycles. The van der Waals surface area contributed by atoms with Crippen LogP contribution in [-0.2, 0) is 0 Å². The van der Waals surface area contributed by atoms with Crippen LogP contribution in [0, 0.1) is 10.1 Å². The molecule has 0 radical (unpaired) electrons. The fraction of sp³-hybridized carbons (Fsp3) is 0.300. The van der Waals surface area contributed by atoms with Crippen LogP contribution >= 0.6 is 0 Å². The minimum atomic E-state index is -0.470. The van der Waals surface area contributed by atoms with E-state index in [1.54, 1.807) is 35.2 Å². The molecule has 0 saturated heterocycles. The zero-order chi connectivity index (χ0) is 20.1. The number of non-ortho nitro benzene ring substituents is 1. The number of amides is 1. The summed E-state index contributed by atoms with van der Waals surface area (Å²) in [6.45, 7) is 5.29. The van der Waals surface area contributed by atoms with E-state index < -0.39 is 4.92 Å². The first kappa shape index (κ1) is 19.3. The summed E-state index contributed by atoms with van der Waals surface area (Å²) in [7, 11) is 0. The van der Waals surface area contributed by atoms with Gasteiger partial charge in [0.15, 0.2) is 5.76 Å². The van der Waals surface area contributed by atoms with Gasteiger partial charge in [0.25, 0.3) is 11.6 Å². The molecule has 1 amide bonds. The van der Waals surface area contributed by atoms with Gasteiger partial charge in [-0.15, -0.1) is 0 Å². The number of nitrogens with zero attached hydrogens (tertiary/aromatic N) is 4. The zero-order valence-corrected chi connectivity index (χ0v) is 15.9. The largest absolute Gasteiger partial charge is 0.463 e. The van der Waals surface area contributed by atoms with Gasteiger partial charge in [0.2, 0.25) is 0 Å². The Labute approximate surface area is 162 Å². The van der Waals surface area contributed by atoms with Crippen molar-refractivity contribution in [2.75, 3.05) is 13.1 Å². The Balaban J connectivity index is 2.11. The summed E-state index contributed by atoms with van der Waals surface area (Å²) in [6, 6.07) is 11.2. The number of carbonyl (C=O) groups excluding carboxylic acids is 1. The lowest BCUT2D eigenvalue weighted by Gasteiger charge is -2.21. The molecule has 0 N–H and O–H groups in total. The van der Waals surface area contributed by atoms with Gasteiger partial charge in [-0.05, 0) is 31.0 Å². The van der Waals surface area contributed by atoms with E-state index in [1.165, 1.54) is 23.1 Å². The Morgan fingerprint density at radius 3 is 2.54 bits per heavy atom. The van der Waals surface area contributed by atoms with Crippen LogP contribution in [0.15, 0.2) is 53.1 Å². The Bertz CT molecular complexity index is 957. The Hall–Kier alpha value is -3.42. The average molecular weight is 382 g/mol. The highest BCUT2D eigenvalue weighted by Gasteiger charge is 2.23. The highest BCUT2D eigenvalue weighted by Crippen LogP contribution is 2.25. The maximum absolute atomic E-state index is 13.2. The predicted molar refractivity (Wildman–Crippen MR) is 104 cm³/mol. The molecule has 2 aromatic heterocycles. The van der Waals surface area contributed by atoms with Gasteiger partial charge in [0, 0.05) is 31.3 Å². The third-order valence-electron chi connectivity index (χ3n) is 4.26. The standard InChI is InChI=1S/C20H22N4O4/c1-3-10-22(11-4-2)20(25)18-14-17(19-9-6-12-28-19)21-23(18)15-7-5-8-16(13-15)24(26)27/h5-9,12-14H,3-4,10-11H2,1-2H3. The van der Waals surface area contributed by atoms with E-state index in [0.717, 1.165) is 12.8 Å². The quantitative estimate of drug-likeness (QED) is 0.427. The molecule has 146 valence electrons. The van der Waals surface area contributed by atoms with Gasteiger partial charge in [-0.1, -0.05) is 19.9 Å². The number of hydrogen-bond acceptors (Lipinski definition) is 5. The van der Waals surface area contributed by atoms with Crippen LogP contribution in [0.1, 0.15) is 37.2 Å². The summed E-state index contributed by atoms with van der Waals surface area (Å²) in [5.41, 5.74) is 1.22. The van der Waals surface area contributed by atoms with E-state index in [0.29, 0.717) is 35.9 Å². The minimum Gasteiger partial charge on any atom is -0.463 e. The number of furan rings is 1. The van der Waals surface area contributed by atoms with Gasteiger partial charge in [-0.25, -0.2) is 4.68 Å². The minimum absolute atomic E-state index is 0.0649. The molecular weight excluding hydrogens is 360 g/mol. The highest BCUT2D eigenvalue weighted by atomic mass is 16.6. The second kappa shape index (κ2) is 8.51. The number of nitro groups is 1. The Morgan fingerprint density at radius 1 is 1.18 bits per heavy atom. The lowest BCUT2D eigenvalue weighted by Crippen LogP contribution is -2.33. The molecule has 3 aromatic rings. The average Bonchev–Trinajstić information content (AvgIpc) is 3.37. The number of aromatic nitrogens is 2. The summed E-state index contributed by atoms with van der Waals surface area (Å²) in [6.07, 6.45) is 3.20. The Kier molecular flexibility index (Phi) is 5.88. The van der Waals surface area contributed by atoms with E-state index >= 15 is 0 Å². The normalized spacial score (nSPS) is 10.8. The number of rotatable bonds is 8. The van der Waals surface area contributed by atoms with E-state index in [9.17, 15) is 14.9 Å². The first-order valence-corrected chi connectivity index (χ1v) is 9.23. The molecule has 8 nitrogen and oxygen atoms in total. The summed E-state index contributed by atoms with van der Waals surface area (Å²) < 4.78 is 6.86. The summed E-state index contributed by atoms with van der Waals surface area (Å²) in [4.78, 5) is 25.7. The molecule has 0 aliphatic carbocycles. The van der Waals surface area contributed by atoms with Crippen LogP contribution in [0.25, 0.3) is 17.1 Å². The molecule has 0 unspecified atom stereocenters. The van der Waals surface area contributed by atoms with Crippen molar-refractivity contribution in [3.8, 4) is 17.1 Å². The maximum Gasteiger partial charge on any atom is 0.272 e. The van der Waals surface area contributed by atoms with Crippen LogP contribution in [0.4, 0.5) is 5.69 Å². The van der Waals surface area contributed by atoms with Gasteiger partial charge in [-0.3, -0.25) is 14.9 Å². The maximum atomic E-state index is 13.2. The second-order valence-electron chi connectivity index (χ2n) is 6.37. The SMILES string of the molecule is CCCN(CCC)C(=O)c1cc(-c2ccco2)nn1-c1cccc([N+](=O)[O-])c1. The van der Waals surface area contributed by atoms with E-state index in [2.05, 4.69) is 5.10 Å². The molecule has 3 rings (SSSR count). The molecule has 1 aromatic carbocycles. The summed E-state index contributed by atoms with van der Waals surface area (Å²) in [5, 5.41) is 15.7. The predicted octanol–water partition coefficient (Wildman–Crippen LogP) is 4.30. The van der Waals surface area contributed by atoms with Crippen molar-refractivity contribution >= 4 is 11.6 Å². The molecule has 0 fully saturated rings. The topological polar surface area (TPSA) is 94.4 Å². The van der Waals surface area contributed by atoms with Crippen molar-refractivity contribution in [1.82, 2.24) is 14.7 Å². The first-order chi connectivity index (χ1) is 13.5. The number of nitro benzene ring substituents is 1. The van der Waals surface area contributed by atoms with Crippen LogP contribution in [-0.4, -0.2) is 38.6 Å². The van der Waals surface area contributed by atoms with Gasteiger partial charge in [0.05, 0.1) is 16.9 Å². The molecule has 0 atom stereocenters. The van der Waals surface area contributed by atoms with Crippen molar-refractivity contribution in [2.45, 2.75) is 26.7 Å². The van der Waals surface area contributed by atoms with Crippen LogP contribution < -0.4 is 0 Å². The highest BCUT2D eigenvalue weighted by molar-refractivity contribution is 5.94. The number of benzene rings is 1. The van der Waals surface area contributed by atoms with E-state index in [-0.39, 0.29) is 11.6 Å². The van der Waals surface area contributed by atoms with Crippen LogP contribution in [0.3, 0.4) is 0 Å². The number of carbonyl (C=O) groups is 1. The van der Waals surface area contributed by atoms with Crippen molar-refractivity contribution in [2.24, 2.45) is 0 Å². The zero-order valence-electron chi connectivity index (χ0n) is 15.9. The smallest absolute Gasteiger partial charge is 0.272 e. The molecule has 0 saturated carbocycles. The second-order valence-corrected chi connectivity index (χ2v) is 6.37. The van der Waals surface area contributed by atoms with E-state index in [4.69, 9.17) is 4.42 Å². The lowest BCUT2D eigenvalue weighted by atomic mass is 10.2. The molecule has 28 heavy (non-hydrogen) atoms. The molecular formula is C20H22N4O4. The van der Waals surface area contributed by atoms with Gasteiger partial charge >= 0.3 is 0 Å². The first-order valence-electron chi connectivity index (χ1n) is 9.23. The monoisotopic (exact) mass is 382 g/mol. The van der Waals surface area contributed by atoms with Gasteiger partial charge in [0.1, 0.15) is 11.4 Å². The fourth-order valence-corrected chi connectivity index (χ4v) is 3.03. The van der Waals surface area contributed by atoms with Gasteiger partial charge < -0.3 is 9.32 Å².